The van der Waals surface area contributed by atoms with Gasteiger partial charge in [0.05, 0.1) is 12.1 Å². The summed E-state index contributed by atoms with van der Waals surface area (Å²) in [6.45, 7) is 3.73. The molecule has 24 heavy (non-hydrogen) atoms. The van der Waals surface area contributed by atoms with E-state index in [1.165, 1.54) is 12.1 Å². The third-order valence-corrected chi connectivity index (χ3v) is 4.39. The van der Waals surface area contributed by atoms with Crippen molar-refractivity contribution in [3.8, 4) is 12.3 Å². The third-order valence-electron chi connectivity index (χ3n) is 3.38. The molecule has 0 spiro atoms. The van der Waals surface area contributed by atoms with E-state index in [1.54, 1.807) is 41.7 Å². The van der Waals surface area contributed by atoms with Crippen molar-refractivity contribution in [2.45, 2.75) is 20.3 Å². The zero-order chi connectivity index (χ0) is 17.7. The summed E-state index contributed by atoms with van der Waals surface area (Å²) in [7, 11) is 1.84. The molecule has 0 bridgehead atoms. The highest BCUT2D eigenvalue weighted by Crippen LogP contribution is 2.32. The molecule has 0 radical (unpaired) electrons. The molecule has 124 valence electrons. The molecule has 0 unspecified atom stereocenters. The molecule has 0 saturated heterocycles. The summed E-state index contributed by atoms with van der Waals surface area (Å²) in [5.74, 6) is 2.36. The van der Waals surface area contributed by atoms with Gasteiger partial charge in [-0.3, -0.25) is 13.4 Å². The van der Waals surface area contributed by atoms with Crippen molar-refractivity contribution < 1.29 is 4.79 Å². The van der Waals surface area contributed by atoms with Crippen molar-refractivity contribution in [2.24, 2.45) is 0 Å². The first kappa shape index (κ1) is 17.7. The van der Waals surface area contributed by atoms with E-state index in [-0.39, 0.29) is 5.91 Å². The van der Waals surface area contributed by atoms with E-state index in [0.717, 1.165) is 11.3 Å². The van der Waals surface area contributed by atoms with Gasteiger partial charge in [-0.1, -0.05) is 12.0 Å². The summed E-state index contributed by atoms with van der Waals surface area (Å²) in [5.41, 5.74) is 3.61. The fourth-order valence-corrected chi connectivity index (χ4v) is 2.83. The van der Waals surface area contributed by atoms with E-state index in [9.17, 15) is 4.79 Å². The Morgan fingerprint density at radius 3 is 2.62 bits per heavy atom. The number of benzene rings is 1. The molecular formula is C18H20N4OS. The van der Waals surface area contributed by atoms with Crippen molar-refractivity contribution in [2.75, 3.05) is 12.4 Å². The Hall–Kier alpha value is -2.65. The number of hydrogen-bond acceptors (Lipinski definition) is 5. The van der Waals surface area contributed by atoms with Gasteiger partial charge < -0.3 is 10.7 Å². The normalized spacial score (nSPS) is 14.2. The summed E-state index contributed by atoms with van der Waals surface area (Å²) in [6.07, 6.45) is 9.69. The SMILES string of the molecule is C#Cc1ccc(NC(=O)C2=CN(/C(C)=C\CC(C)=N)SN2C)cc1. The van der Waals surface area contributed by atoms with E-state index in [2.05, 4.69) is 11.2 Å². The Morgan fingerprint density at radius 2 is 2.04 bits per heavy atom. The fourth-order valence-electron chi connectivity index (χ4n) is 2.00. The van der Waals surface area contributed by atoms with Crippen LogP contribution in [-0.2, 0) is 4.79 Å². The number of allylic oxidation sites excluding steroid dienone is 2. The van der Waals surface area contributed by atoms with Crippen LogP contribution in [0.25, 0.3) is 0 Å². The number of hydrogen-bond donors (Lipinski definition) is 2. The minimum Gasteiger partial charge on any atom is -0.321 e. The van der Waals surface area contributed by atoms with Crippen molar-refractivity contribution in [1.29, 1.82) is 5.41 Å². The molecule has 2 N–H and O–H groups in total. The average Bonchev–Trinajstić information content (AvgIpc) is 2.95. The standard InChI is InChI=1S/C18H20N4OS/c1-5-15-8-10-16(11-9-15)20-18(23)17-12-22(24-21(17)4)14(3)7-6-13(2)19/h1,7-12,19H,6H2,2-4H3,(H,20,23)/b14-7-,19-13?. The summed E-state index contributed by atoms with van der Waals surface area (Å²) in [5, 5.41) is 10.4. The molecule has 0 saturated carbocycles. The molecule has 6 heteroatoms. The van der Waals surface area contributed by atoms with Crippen LogP contribution in [0.4, 0.5) is 5.69 Å². The van der Waals surface area contributed by atoms with Crippen molar-refractivity contribution in [3.05, 3.63) is 53.5 Å². The summed E-state index contributed by atoms with van der Waals surface area (Å²) in [4.78, 5) is 12.5. The predicted octanol–water partition coefficient (Wildman–Crippen LogP) is 3.59. The van der Waals surface area contributed by atoms with Gasteiger partial charge in [-0.05, 0) is 38.1 Å². The van der Waals surface area contributed by atoms with Crippen LogP contribution in [0.15, 0.2) is 47.9 Å². The second-order valence-corrected chi connectivity index (χ2v) is 6.53. The van der Waals surface area contributed by atoms with Gasteiger partial charge in [0.15, 0.2) is 0 Å². The van der Waals surface area contributed by atoms with Gasteiger partial charge in [0.25, 0.3) is 5.91 Å². The molecule has 0 atom stereocenters. The van der Waals surface area contributed by atoms with E-state index in [1.807, 2.05) is 24.4 Å². The van der Waals surface area contributed by atoms with Crippen LogP contribution in [0.2, 0.25) is 0 Å². The van der Waals surface area contributed by atoms with Gasteiger partial charge in [-0.25, -0.2) is 0 Å². The molecule has 1 heterocycles. The number of rotatable bonds is 5. The Morgan fingerprint density at radius 1 is 1.38 bits per heavy atom. The Bertz CT molecular complexity index is 743. The third kappa shape index (κ3) is 4.43. The highest BCUT2D eigenvalue weighted by atomic mass is 32.2. The minimum atomic E-state index is -0.183. The van der Waals surface area contributed by atoms with Gasteiger partial charge in [0.1, 0.15) is 5.70 Å². The topological polar surface area (TPSA) is 59.4 Å². The van der Waals surface area contributed by atoms with Crippen LogP contribution in [0, 0.1) is 17.8 Å². The van der Waals surface area contributed by atoms with Crippen LogP contribution >= 0.6 is 12.1 Å². The van der Waals surface area contributed by atoms with E-state index < -0.39 is 0 Å². The number of nitrogens with one attached hydrogen (secondary N) is 2. The Balaban J connectivity index is 2.07. The van der Waals surface area contributed by atoms with Crippen LogP contribution in [0.3, 0.4) is 0 Å². The summed E-state index contributed by atoms with van der Waals surface area (Å²) >= 11 is 1.43. The second kappa shape index (κ2) is 7.75. The quantitative estimate of drug-likeness (QED) is 0.488. The second-order valence-electron chi connectivity index (χ2n) is 5.43. The van der Waals surface area contributed by atoms with Crippen molar-refractivity contribution >= 4 is 29.4 Å². The largest absolute Gasteiger partial charge is 0.321 e. The minimum absolute atomic E-state index is 0.183. The lowest BCUT2D eigenvalue weighted by Gasteiger charge is -2.17. The van der Waals surface area contributed by atoms with Crippen LogP contribution in [-0.4, -0.2) is 27.3 Å². The molecule has 1 aromatic rings. The first-order valence-electron chi connectivity index (χ1n) is 7.42. The lowest BCUT2D eigenvalue weighted by molar-refractivity contribution is -0.113. The molecular weight excluding hydrogens is 320 g/mol. The van der Waals surface area contributed by atoms with Crippen molar-refractivity contribution in [1.82, 2.24) is 8.61 Å². The Kier molecular flexibility index (Phi) is 5.72. The molecule has 2 rings (SSSR count). The smallest absolute Gasteiger partial charge is 0.274 e. The average molecular weight is 340 g/mol. The van der Waals surface area contributed by atoms with Gasteiger partial charge in [0, 0.05) is 42.3 Å². The molecule has 1 aromatic carbocycles. The van der Waals surface area contributed by atoms with Crippen LogP contribution < -0.4 is 5.32 Å². The van der Waals surface area contributed by atoms with Gasteiger partial charge in [-0.2, -0.15) is 0 Å². The number of terminal acetylenes is 1. The summed E-state index contributed by atoms with van der Waals surface area (Å²) < 4.78 is 3.72. The molecule has 0 aromatic heterocycles. The number of carbonyl (C=O) groups is 1. The molecule has 1 amide bonds. The van der Waals surface area contributed by atoms with Gasteiger partial charge >= 0.3 is 0 Å². The maximum absolute atomic E-state index is 12.5. The highest BCUT2D eigenvalue weighted by molar-refractivity contribution is 7.95. The lowest BCUT2D eigenvalue weighted by Crippen LogP contribution is -2.21. The molecule has 0 fully saturated rings. The first-order valence-corrected chi connectivity index (χ1v) is 8.15. The maximum atomic E-state index is 12.5. The maximum Gasteiger partial charge on any atom is 0.274 e. The number of amides is 1. The predicted molar refractivity (Wildman–Crippen MR) is 100 cm³/mol. The van der Waals surface area contributed by atoms with Crippen molar-refractivity contribution in [3.63, 3.8) is 0 Å². The molecule has 0 aliphatic carbocycles. The van der Waals surface area contributed by atoms with Gasteiger partial charge in [0.2, 0.25) is 0 Å². The number of anilines is 1. The molecule has 1 aliphatic rings. The Labute approximate surface area is 147 Å². The highest BCUT2D eigenvalue weighted by Gasteiger charge is 2.25. The fraction of sp³-hybridized carbons (Fsp3) is 0.222. The number of carbonyl (C=O) groups excluding carboxylic acids is 1. The molecule has 5 nitrogen and oxygen atoms in total. The van der Waals surface area contributed by atoms with E-state index in [4.69, 9.17) is 11.8 Å². The van der Waals surface area contributed by atoms with Gasteiger partial charge in [-0.15, -0.1) is 6.42 Å². The van der Waals surface area contributed by atoms with E-state index >= 15 is 0 Å². The number of nitrogens with zero attached hydrogens (tertiary/aromatic N) is 2. The number of likely N-dealkylation sites (N-methyl/N-ethyl adjacent to an activating group) is 1. The summed E-state index contributed by atoms with van der Waals surface area (Å²) in [6, 6.07) is 7.14. The first-order chi connectivity index (χ1) is 11.4. The van der Waals surface area contributed by atoms with E-state index in [0.29, 0.717) is 23.5 Å². The zero-order valence-corrected chi connectivity index (χ0v) is 14.8. The monoisotopic (exact) mass is 340 g/mol. The molecule has 1 aliphatic heterocycles. The van der Waals surface area contributed by atoms with Crippen LogP contribution in [0.1, 0.15) is 25.8 Å². The van der Waals surface area contributed by atoms with Crippen LogP contribution in [0.5, 0.6) is 0 Å². The zero-order valence-electron chi connectivity index (χ0n) is 14.0. The lowest BCUT2D eigenvalue weighted by atomic mass is 10.2.